The SMILES string of the molecule is Clc1ccccc1-n1cc(CC2CCCN2)cn1. The Bertz CT molecular complexity index is 529. The number of nitrogens with one attached hydrogen (secondary N) is 1. The molecule has 0 spiro atoms. The van der Waals surface area contributed by atoms with Crippen LogP contribution in [0.15, 0.2) is 36.7 Å². The van der Waals surface area contributed by atoms with Gasteiger partial charge in [-0.25, -0.2) is 4.68 Å². The molecule has 0 aliphatic carbocycles. The van der Waals surface area contributed by atoms with E-state index in [0.717, 1.165) is 23.7 Å². The fourth-order valence-corrected chi connectivity index (χ4v) is 2.67. The van der Waals surface area contributed by atoms with Crippen molar-refractivity contribution >= 4 is 11.6 Å². The van der Waals surface area contributed by atoms with E-state index in [2.05, 4.69) is 16.6 Å². The maximum absolute atomic E-state index is 6.17. The molecule has 1 fully saturated rings. The summed E-state index contributed by atoms with van der Waals surface area (Å²) in [5.74, 6) is 0. The molecule has 1 aliphatic heterocycles. The number of rotatable bonds is 3. The number of hydrogen-bond acceptors (Lipinski definition) is 2. The van der Waals surface area contributed by atoms with Gasteiger partial charge < -0.3 is 5.32 Å². The first-order valence-electron chi connectivity index (χ1n) is 6.35. The van der Waals surface area contributed by atoms with Crippen molar-refractivity contribution in [3.8, 4) is 5.69 Å². The summed E-state index contributed by atoms with van der Waals surface area (Å²) in [6.45, 7) is 1.14. The number of aromatic nitrogens is 2. The topological polar surface area (TPSA) is 29.9 Å². The Hall–Kier alpha value is -1.32. The summed E-state index contributed by atoms with van der Waals surface area (Å²) in [7, 11) is 0. The monoisotopic (exact) mass is 261 g/mol. The lowest BCUT2D eigenvalue weighted by atomic mass is 10.1. The third kappa shape index (κ3) is 2.42. The Morgan fingerprint density at radius 3 is 3.06 bits per heavy atom. The molecule has 0 saturated carbocycles. The molecule has 0 amide bonds. The third-order valence-corrected chi connectivity index (χ3v) is 3.70. The van der Waals surface area contributed by atoms with Crippen LogP contribution in [0.1, 0.15) is 18.4 Å². The van der Waals surface area contributed by atoms with E-state index in [4.69, 9.17) is 11.6 Å². The minimum Gasteiger partial charge on any atom is -0.314 e. The van der Waals surface area contributed by atoms with Crippen molar-refractivity contribution in [2.75, 3.05) is 6.54 Å². The van der Waals surface area contributed by atoms with Crippen LogP contribution in [0.25, 0.3) is 5.69 Å². The van der Waals surface area contributed by atoms with Gasteiger partial charge in [0, 0.05) is 12.2 Å². The van der Waals surface area contributed by atoms with E-state index in [9.17, 15) is 0 Å². The van der Waals surface area contributed by atoms with Crippen molar-refractivity contribution < 1.29 is 0 Å². The molecule has 1 unspecified atom stereocenters. The van der Waals surface area contributed by atoms with E-state index < -0.39 is 0 Å². The normalized spacial score (nSPS) is 19.3. The van der Waals surface area contributed by atoms with Gasteiger partial charge in [0.25, 0.3) is 0 Å². The van der Waals surface area contributed by atoms with Crippen LogP contribution in [0, 0.1) is 0 Å². The van der Waals surface area contributed by atoms with Crippen LogP contribution in [0.5, 0.6) is 0 Å². The first-order chi connectivity index (χ1) is 8.83. The predicted molar refractivity (Wildman–Crippen MR) is 73.3 cm³/mol. The molecule has 3 rings (SSSR count). The van der Waals surface area contributed by atoms with Crippen LogP contribution in [0.3, 0.4) is 0 Å². The number of benzene rings is 1. The molecule has 1 saturated heterocycles. The second-order valence-corrected chi connectivity index (χ2v) is 5.15. The molecule has 1 atom stereocenters. The number of nitrogens with zero attached hydrogens (tertiary/aromatic N) is 2. The molecule has 1 aromatic carbocycles. The predicted octanol–water partition coefficient (Wildman–Crippen LogP) is 2.82. The molecule has 4 heteroatoms. The minimum absolute atomic E-state index is 0.605. The van der Waals surface area contributed by atoms with Crippen LogP contribution in [0.4, 0.5) is 0 Å². The van der Waals surface area contributed by atoms with E-state index in [0.29, 0.717) is 6.04 Å². The average Bonchev–Trinajstić information content (AvgIpc) is 3.02. The van der Waals surface area contributed by atoms with Crippen LogP contribution in [-0.4, -0.2) is 22.4 Å². The van der Waals surface area contributed by atoms with Crippen LogP contribution < -0.4 is 5.32 Å². The Kier molecular flexibility index (Phi) is 3.35. The minimum atomic E-state index is 0.605. The smallest absolute Gasteiger partial charge is 0.0831 e. The molecule has 2 heterocycles. The maximum atomic E-state index is 6.17. The van der Waals surface area contributed by atoms with E-state index in [1.165, 1.54) is 18.4 Å². The summed E-state index contributed by atoms with van der Waals surface area (Å²) in [4.78, 5) is 0. The Morgan fingerprint density at radius 2 is 2.28 bits per heavy atom. The highest BCUT2D eigenvalue weighted by Gasteiger charge is 2.15. The van der Waals surface area contributed by atoms with Crippen molar-refractivity contribution in [1.82, 2.24) is 15.1 Å². The molecule has 1 aromatic heterocycles. The van der Waals surface area contributed by atoms with Crippen molar-refractivity contribution in [1.29, 1.82) is 0 Å². The first-order valence-corrected chi connectivity index (χ1v) is 6.72. The Morgan fingerprint density at radius 1 is 1.39 bits per heavy atom. The highest BCUT2D eigenvalue weighted by Crippen LogP contribution is 2.20. The fraction of sp³-hybridized carbons (Fsp3) is 0.357. The van der Waals surface area contributed by atoms with Crippen LogP contribution >= 0.6 is 11.6 Å². The summed E-state index contributed by atoms with van der Waals surface area (Å²) in [6.07, 6.45) is 7.59. The third-order valence-electron chi connectivity index (χ3n) is 3.38. The van der Waals surface area contributed by atoms with Crippen LogP contribution in [0.2, 0.25) is 5.02 Å². The largest absolute Gasteiger partial charge is 0.314 e. The summed E-state index contributed by atoms with van der Waals surface area (Å²) >= 11 is 6.17. The lowest BCUT2D eigenvalue weighted by molar-refractivity contribution is 0.603. The summed E-state index contributed by atoms with van der Waals surface area (Å²) in [6, 6.07) is 8.37. The zero-order valence-electron chi connectivity index (χ0n) is 10.1. The second kappa shape index (κ2) is 5.12. The van der Waals surface area contributed by atoms with Gasteiger partial charge in [-0.05, 0) is 43.5 Å². The van der Waals surface area contributed by atoms with Crippen molar-refractivity contribution in [3.63, 3.8) is 0 Å². The maximum Gasteiger partial charge on any atom is 0.0831 e. The van der Waals surface area contributed by atoms with Gasteiger partial charge in [-0.3, -0.25) is 0 Å². The molecule has 2 aromatic rings. The highest BCUT2D eigenvalue weighted by atomic mass is 35.5. The zero-order valence-corrected chi connectivity index (χ0v) is 10.9. The summed E-state index contributed by atoms with van der Waals surface area (Å²) in [5.41, 5.74) is 2.19. The van der Waals surface area contributed by atoms with Crippen molar-refractivity contribution in [3.05, 3.63) is 47.2 Å². The Labute approximate surface area is 112 Å². The molecule has 94 valence electrons. The van der Waals surface area contributed by atoms with E-state index in [1.54, 1.807) is 0 Å². The standard InChI is InChI=1S/C14H16ClN3/c15-13-5-1-2-6-14(13)18-10-11(9-17-18)8-12-4-3-7-16-12/h1-2,5-6,9-10,12,16H,3-4,7-8H2. The van der Waals surface area contributed by atoms with Gasteiger partial charge in [-0.15, -0.1) is 0 Å². The number of halogens is 1. The summed E-state index contributed by atoms with van der Waals surface area (Å²) in [5, 5.41) is 8.62. The molecular formula is C14H16ClN3. The molecule has 0 bridgehead atoms. The molecule has 18 heavy (non-hydrogen) atoms. The van der Waals surface area contributed by atoms with Crippen molar-refractivity contribution in [2.24, 2.45) is 0 Å². The van der Waals surface area contributed by atoms with Gasteiger partial charge in [0.15, 0.2) is 0 Å². The van der Waals surface area contributed by atoms with Gasteiger partial charge in [-0.1, -0.05) is 23.7 Å². The van der Waals surface area contributed by atoms with Crippen molar-refractivity contribution in [2.45, 2.75) is 25.3 Å². The fourth-order valence-electron chi connectivity index (χ4n) is 2.45. The Balaban J connectivity index is 1.79. The van der Waals surface area contributed by atoms with E-state index in [1.807, 2.05) is 35.1 Å². The quantitative estimate of drug-likeness (QED) is 0.921. The van der Waals surface area contributed by atoms with E-state index in [-0.39, 0.29) is 0 Å². The second-order valence-electron chi connectivity index (χ2n) is 4.74. The molecular weight excluding hydrogens is 246 g/mol. The molecule has 0 radical (unpaired) electrons. The average molecular weight is 262 g/mol. The van der Waals surface area contributed by atoms with Gasteiger partial charge in [-0.2, -0.15) is 5.10 Å². The van der Waals surface area contributed by atoms with Gasteiger partial charge >= 0.3 is 0 Å². The van der Waals surface area contributed by atoms with Gasteiger partial charge in [0.05, 0.1) is 16.9 Å². The number of para-hydroxylation sites is 1. The lowest BCUT2D eigenvalue weighted by Crippen LogP contribution is -2.23. The number of hydrogen-bond donors (Lipinski definition) is 1. The van der Waals surface area contributed by atoms with Crippen LogP contribution in [-0.2, 0) is 6.42 Å². The van der Waals surface area contributed by atoms with Gasteiger partial charge in [0.2, 0.25) is 0 Å². The molecule has 1 N–H and O–H groups in total. The van der Waals surface area contributed by atoms with E-state index >= 15 is 0 Å². The first kappa shape index (κ1) is 11.8. The molecule has 3 nitrogen and oxygen atoms in total. The lowest BCUT2D eigenvalue weighted by Gasteiger charge is -2.07. The summed E-state index contributed by atoms with van der Waals surface area (Å²) < 4.78 is 1.85. The molecule has 1 aliphatic rings. The van der Waals surface area contributed by atoms with Gasteiger partial charge in [0.1, 0.15) is 0 Å². The highest BCUT2D eigenvalue weighted by molar-refractivity contribution is 6.32. The zero-order chi connectivity index (χ0) is 12.4.